The number of carbonyl (C=O) groups is 1. The van der Waals surface area contributed by atoms with Gasteiger partial charge in [-0.2, -0.15) is 0 Å². The molecular weight excluding hydrogens is 335 g/mol. The van der Waals surface area contributed by atoms with Gasteiger partial charge < -0.3 is 10.2 Å². The Kier molecular flexibility index (Phi) is 5.96. The van der Waals surface area contributed by atoms with Crippen molar-refractivity contribution >= 4 is 63.1 Å². The molecule has 0 aliphatic carbocycles. The fraction of sp³-hybridized carbons (Fsp3) is 0.385. The number of hydrogen-bond acceptors (Lipinski definition) is 3. The molecule has 7 heteroatoms. The van der Waals surface area contributed by atoms with Crippen molar-refractivity contribution in [3.63, 3.8) is 0 Å². The van der Waals surface area contributed by atoms with E-state index < -0.39 is 0 Å². The van der Waals surface area contributed by atoms with E-state index >= 15 is 0 Å². The summed E-state index contributed by atoms with van der Waals surface area (Å²) in [6.07, 6.45) is 2.35. The van der Waals surface area contributed by atoms with Crippen LogP contribution in [0.15, 0.2) is 18.2 Å². The van der Waals surface area contributed by atoms with Crippen LogP contribution < -0.4 is 5.32 Å². The summed E-state index contributed by atoms with van der Waals surface area (Å²) in [7, 11) is 0. The monoisotopic (exact) mass is 348 g/mol. The van der Waals surface area contributed by atoms with Gasteiger partial charge in [0.05, 0.1) is 16.5 Å². The summed E-state index contributed by atoms with van der Waals surface area (Å²) in [5.74, 6) is 0.162. The number of halogens is 2. The molecule has 20 heavy (non-hydrogen) atoms. The maximum atomic E-state index is 11.9. The topological polar surface area (TPSA) is 32.3 Å². The second kappa shape index (κ2) is 7.50. The van der Waals surface area contributed by atoms with Crippen LogP contribution in [0.1, 0.15) is 12.8 Å². The fourth-order valence-electron chi connectivity index (χ4n) is 1.90. The molecule has 0 atom stereocenters. The van der Waals surface area contributed by atoms with Crippen LogP contribution in [0.2, 0.25) is 10.0 Å². The van der Waals surface area contributed by atoms with E-state index in [2.05, 4.69) is 10.2 Å². The highest BCUT2D eigenvalue weighted by Gasteiger charge is 2.16. The van der Waals surface area contributed by atoms with Crippen molar-refractivity contribution in [2.24, 2.45) is 0 Å². The third-order valence-electron chi connectivity index (χ3n) is 2.90. The van der Waals surface area contributed by atoms with Gasteiger partial charge in [-0.15, -0.1) is 0 Å². The van der Waals surface area contributed by atoms with Gasteiger partial charge in [-0.3, -0.25) is 4.79 Å². The molecular formula is C13H14Cl2N2OS2. The molecule has 1 N–H and O–H groups in total. The number of likely N-dealkylation sites (tertiary alicyclic amines) is 1. The van der Waals surface area contributed by atoms with Gasteiger partial charge in [0.25, 0.3) is 0 Å². The van der Waals surface area contributed by atoms with Gasteiger partial charge >= 0.3 is 0 Å². The predicted octanol–water partition coefficient (Wildman–Crippen LogP) is 4.05. The van der Waals surface area contributed by atoms with Gasteiger partial charge in [-0.25, -0.2) is 0 Å². The Balaban J connectivity index is 1.81. The molecule has 0 unspecified atom stereocenters. The van der Waals surface area contributed by atoms with Gasteiger partial charge in [-0.05, 0) is 31.0 Å². The van der Waals surface area contributed by atoms with E-state index in [9.17, 15) is 4.79 Å². The zero-order valence-corrected chi connectivity index (χ0v) is 13.8. The molecule has 1 fully saturated rings. The number of carbonyl (C=O) groups excluding carboxylic acids is 1. The summed E-state index contributed by atoms with van der Waals surface area (Å²) in [5, 5.41) is 3.72. The quantitative estimate of drug-likeness (QED) is 0.835. The molecule has 0 spiro atoms. The van der Waals surface area contributed by atoms with Crippen molar-refractivity contribution in [2.75, 3.05) is 24.2 Å². The lowest BCUT2D eigenvalue weighted by atomic mass is 10.3. The minimum absolute atomic E-state index is 0.124. The van der Waals surface area contributed by atoms with Gasteiger partial charge in [0.15, 0.2) is 0 Å². The molecule has 1 aliphatic rings. The Bertz CT molecular complexity index is 519. The van der Waals surface area contributed by atoms with Gasteiger partial charge in [-0.1, -0.05) is 47.2 Å². The second-order valence-electron chi connectivity index (χ2n) is 4.42. The van der Waals surface area contributed by atoms with Crippen molar-refractivity contribution in [2.45, 2.75) is 12.8 Å². The number of amides is 1. The first kappa shape index (κ1) is 15.9. The maximum Gasteiger partial charge on any atom is 0.234 e. The summed E-state index contributed by atoms with van der Waals surface area (Å²) >= 11 is 18.5. The average molecular weight is 349 g/mol. The third kappa shape index (κ3) is 4.52. The summed E-state index contributed by atoms with van der Waals surface area (Å²) < 4.78 is 0.792. The van der Waals surface area contributed by atoms with E-state index in [-0.39, 0.29) is 11.7 Å². The van der Waals surface area contributed by atoms with Crippen LogP contribution in [0, 0.1) is 0 Å². The Hall–Kier alpha value is -0.490. The van der Waals surface area contributed by atoms with Crippen LogP contribution in [-0.2, 0) is 4.79 Å². The first-order chi connectivity index (χ1) is 9.56. The minimum atomic E-state index is -0.124. The number of nitrogens with one attached hydrogen (secondary N) is 1. The smallest absolute Gasteiger partial charge is 0.234 e. The van der Waals surface area contributed by atoms with Crippen LogP contribution in [0.4, 0.5) is 5.69 Å². The summed E-state index contributed by atoms with van der Waals surface area (Å²) in [5.41, 5.74) is 0.564. The van der Waals surface area contributed by atoms with Crippen molar-refractivity contribution in [3.8, 4) is 0 Å². The van der Waals surface area contributed by atoms with Crippen LogP contribution in [0.3, 0.4) is 0 Å². The van der Waals surface area contributed by atoms with Crippen molar-refractivity contribution < 1.29 is 4.79 Å². The Labute approximate surface area is 138 Å². The molecule has 1 aromatic carbocycles. The molecule has 3 nitrogen and oxygen atoms in total. The van der Waals surface area contributed by atoms with E-state index in [1.54, 1.807) is 18.2 Å². The molecule has 0 saturated carbocycles. The van der Waals surface area contributed by atoms with E-state index in [0.717, 1.165) is 17.4 Å². The molecule has 1 aliphatic heterocycles. The fourth-order valence-corrected chi connectivity index (χ4v) is 3.40. The van der Waals surface area contributed by atoms with E-state index in [0.29, 0.717) is 15.7 Å². The number of rotatable bonds is 3. The van der Waals surface area contributed by atoms with E-state index in [1.807, 2.05) is 0 Å². The van der Waals surface area contributed by atoms with Crippen LogP contribution >= 0.6 is 47.2 Å². The largest absolute Gasteiger partial charge is 0.358 e. The van der Waals surface area contributed by atoms with Crippen LogP contribution in [0.25, 0.3) is 0 Å². The number of anilines is 1. The summed E-state index contributed by atoms with van der Waals surface area (Å²) in [6.45, 7) is 1.99. The standard InChI is InChI=1S/C13H14Cl2N2OS2/c14-9-3-4-11(10(15)7-9)16-12(18)8-20-13(19)17-5-1-2-6-17/h3-4,7H,1-2,5-6,8H2,(H,16,18). The molecule has 1 heterocycles. The van der Waals surface area contributed by atoms with E-state index in [1.165, 1.54) is 24.6 Å². The average Bonchev–Trinajstić information content (AvgIpc) is 2.93. The van der Waals surface area contributed by atoms with Gasteiger partial charge in [0.2, 0.25) is 5.91 Å². The lowest BCUT2D eigenvalue weighted by molar-refractivity contribution is -0.113. The lowest BCUT2D eigenvalue weighted by Gasteiger charge is -2.17. The molecule has 2 rings (SSSR count). The van der Waals surface area contributed by atoms with Crippen molar-refractivity contribution in [1.82, 2.24) is 4.90 Å². The van der Waals surface area contributed by atoms with Crippen molar-refractivity contribution in [3.05, 3.63) is 28.2 Å². The number of nitrogens with zero attached hydrogens (tertiary/aromatic N) is 1. The highest BCUT2D eigenvalue weighted by molar-refractivity contribution is 8.23. The Morgan fingerprint density at radius 3 is 2.70 bits per heavy atom. The minimum Gasteiger partial charge on any atom is -0.358 e. The molecule has 1 amide bonds. The van der Waals surface area contributed by atoms with E-state index in [4.69, 9.17) is 35.4 Å². The van der Waals surface area contributed by atoms with Crippen LogP contribution in [0.5, 0.6) is 0 Å². The SMILES string of the molecule is O=C(CSC(=S)N1CCCC1)Nc1ccc(Cl)cc1Cl. The zero-order valence-electron chi connectivity index (χ0n) is 10.7. The normalized spacial score (nSPS) is 14.4. The lowest BCUT2D eigenvalue weighted by Crippen LogP contribution is -2.25. The molecule has 0 radical (unpaired) electrons. The first-order valence-electron chi connectivity index (χ1n) is 6.23. The maximum absolute atomic E-state index is 11.9. The number of thioether (sulfide) groups is 1. The zero-order chi connectivity index (χ0) is 14.5. The summed E-state index contributed by atoms with van der Waals surface area (Å²) in [6, 6.07) is 4.97. The number of benzene rings is 1. The van der Waals surface area contributed by atoms with Gasteiger partial charge in [0, 0.05) is 18.1 Å². The molecule has 1 aromatic rings. The Morgan fingerprint density at radius 2 is 2.05 bits per heavy atom. The highest BCUT2D eigenvalue weighted by atomic mass is 35.5. The molecule has 0 aromatic heterocycles. The third-order valence-corrected chi connectivity index (χ3v) is 4.97. The first-order valence-corrected chi connectivity index (χ1v) is 8.38. The second-order valence-corrected chi connectivity index (χ2v) is 6.87. The molecule has 108 valence electrons. The molecule has 0 bridgehead atoms. The summed E-state index contributed by atoms with van der Waals surface area (Å²) in [4.78, 5) is 14.0. The van der Waals surface area contributed by atoms with Gasteiger partial charge in [0.1, 0.15) is 4.32 Å². The molecule has 1 saturated heterocycles. The highest BCUT2D eigenvalue weighted by Crippen LogP contribution is 2.25. The number of hydrogen-bond donors (Lipinski definition) is 1. The number of thiocarbonyl (C=S) groups is 1. The predicted molar refractivity (Wildman–Crippen MR) is 91.0 cm³/mol. The van der Waals surface area contributed by atoms with Crippen LogP contribution in [-0.4, -0.2) is 34.0 Å². The Morgan fingerprint density at radius 1 is 1.35 bits per heavy atom. The van der Waals surface area contributed by atoms with Crippen molar-refractivity contribution in [1.29, 1.82) is 0 Å².